The Kier molecular flexibility index (Phi) is 5.24. The van der Waals surface area contributed by atoms with Crippen molar-refractivity contribution >= 4 is 33.4 Å². The van der Waals surface area contributed by atoms with Gasteiger partial charge in [-0.3, -0.25) is 9.78 Å². The molecule has 26 heavy (non-hydrogen) atoms. The Balaban J connectivity index is 1.84. The lowest BCUT2D eigenvalue weighted by molar-refractivity contribution is -0.120. The van der Waals surface area contributed by atoms with Crippen LogP contribution < -0.4 is 10.0 Å². The maximum Gasteiger partial charge on any atom is 0.280 e. The second-order valence-electron chi connectivity index (χ2n) is 5.85. The predicted octanol–water partition coefficient (Wildman–Crippen LogP) is 2.09. The SMILES string of the molecule is CN1[C@H](C(=O)Nc2ccc(F)c(Cl)c2)C[C@H](c2cccnc2)NS1(=O)=O. The van der Waals surface area contributed by atoms with Crippen LogP contribution >= 0.6 is 11.6 Å². The topological polar surface area (TPSA) is 91.4 Å². The molecule has 7 nitrogen and oxygen atoms in total. The third-order valence-electron chi connectivity index (χ3n) is 4.14. The van der Waals surface area contributed by atoms with Gasteiger partial charge in [-0.15, -0.1) is 0 Å². The average Bonchev–Trinajstić information content (AvgIpc) is 2.61. The molecule has 0 radical (unpaired) electrons. The number of benzene rings is 1. The molecule has 1 saturated heterocycles. The number of likely N-dealkylation sites (N-methyl/N-ethyl adjacent to an activating group) is 1. The average molecular weight is 399 g/mol. The van der Waals surface area contributed by atoms with Gasteiger partial charge in [0.1, 0.15) is 11.9 Å². The zero-order valence-corrected chi connectivity index (χ0v) is 15.3. The molecule has 0 bridgehead atoms. The van der Waals surface area contributed by atoms with Crippen molar-refractivity contribution in [3.05, 3.63) is 59.1 Å². The number of carbonyl (C=O) groups excluding carboxylic acids is 1. The molecule has 10 heteroatoms. The van der Waals surface area contributed by atoms with E-state index in [9.17, 15) is 17.6 Å². The van der Waals surface area contributed by atoms with Crippen LogP contribution in [0.2, 0.25) is 5.02 Å². The number of nitrogens with one attached hydrogen (secondary N) is 2. The van der Waals surface area contributed by atoms with Crippen molar-refractivity contribution in [2.24, 2.45) is 0 Å². The van der Waals surface area contributed by atoms with Gasteiger partial charge >= 0.3 is 0 Å². The van der Waals surface area contributed by atoms with E-state index in [1.54, 1.807) is 24.5 Å². The number of aromatic nitrogens is 1. The van der Waals surface area contributed by atoms with Crippen molar-refractivity contribution in [3.63, 3.8) is 0 Å². The molecule has 3 rings (SSSR count). The molecule has 1 fully saturated rings. The summed E-state index contributed by atoms with van der Waals surface area (Å²) < 4.78 is 41.5. The molecule has 0 saturated carbocycles. The van der Waals surface area contributed by atoms with Crippen LogP contribution in [0.15, 0.2) is 42.7 Å². The lowest BCUT2D eigenvalue weighted by Gasteiger charge is -2.36. The van der Waals surface area contributed by atoms with Gasteiger partial charge in [0.2, 0.25) is 5.91 Å². The van der Waals surface area contributed by atoms with Crippen LogP contribution in [0.5, 0.6) is 0 Å². The Morgan fingerprint density at radius 3 is 2.85 bits per heavy atom. The number of hydrogen-bond acceptors (Lipinski definition) is 4. The first-order valence-electron chi connectivity index (χ1n) is 7.69. The number of carbonyl (C=O) groups is 1. The molecule has 1 aliphatic heterocycles. The third-order valence-corrected chi connectivity index (χ3v) is 6.03. The van der Waals surface area contributed by atoms with E-state index in [1.165, 1.54) is 19.2 Å². The zero-order valence-electron chi connectivity index (χ0n) is 13.7. The summed E-state index contributed by atoms with van der Waals surface area (Å²) in [6.07, 6.45) is 3.34. The molecule has 138 valence electrons. The van der Waals surface area contributed by atoms with Crippen LogP contribution in [0.4, 0.5) is 10.1 Å². The van der Waals surface area contributed by atoms with Crippen LogP contribution in [-0.2, 0) is 15.0 Å². The van der Waals surface area contributed by atoms with E-state index in [4.69, 9.17) is 11.6 Å². The zero-order chi connectivity index (χ0) is 18.9. The summed E-state index contributed by atoms with van der Waals surface area (Å²) in [6.45, 7) is 0. The molecule has 1 aromatic carbocycles. The normalized spacial score (nSPS) is 22.7. The Labute approximate surface area is 155 Å². The summed E-state index contributed by atoms with van der Waals surface area (Å²) in [5.41, 5.74) is 0.940. The summed E-state index contributed by atoms with van der Waals surface area (Å²) >= 11 is 5.71. The van der Waals surface area contributed by atoms with Gasteiger partial charge < -0.3 is 5.32 Å². The fourth-order valence-corrected chi connectivity index (χ4v) is 4.16. The molecule has 1 amide bonds. The van der Waals surface area contributed by atoms with Gasteiger partial charge in [-0.2, -0.15) is 17.4 Å². The highest BCUT2D eigenvalue weighted by Crippen LogP contribution is 2.28. The Bertz CT molecular complexity index is 926. The Morgan fingerprint density at radius 1 is 1.42 bits per heavy atom. The summed E-state index contributed by atoms with van der Waals surface area (Å²) in [5.74, 6) is -1.14. The number of rotatable bonds is 3. The molecule has 1 aliphatic rings. The highest BCUT2D eigenvalue weighted by Gasteiger charge is 2.40. The monoisotopic (exact) mass is 398 g/mol. The number of amides is 1. The molecule has 2 aromatic rings. The van der Waals surface area contributed by atoms with E-state index < -0.39 is 34.0 Å². The van der Waals surface area contributed by atoms with Gasteiger partial charge in [0, 0.05) is 25.1 Å². The molecular weight excluding hydrogens is 383 g/mol. The first-order valence-corrected chi connectivity index (χ1v) is 9.51. The Morgan fingerprint density at radius 2 is 2.19 bits per heavy atom. The van der Waals surface area contributed by atoms with Crippen LogP contribution in [0, 0.1) is 5.82 Å². The van der Waals surface area contributed by atoms with Crippen molar-refractivity contribution in [3.8, 4) is 0 Å². The van der Waals surface area contributed by atoms with Gasteiger partial charge in [-0.1, -0.05) is 17.7 Å². The van der Waals surface area contributed by atoms with Gasteiger partial charge in [-0.25, -0.2) is 4.39 Å². The molecular formula is C16H16ClFN4O3S. The molecule has 0 aliphatic carbocycles. The first-order chi connectivity index (χ1) is 12.3. The molecule has 2 heterocycles. The van der Waals surface area contributed by atoms with Crippen LogP contribution in [-0.4, -0.2) is 36.7 Å². The number of pyridine rings is 1. The minimum atomic E-state index is -3.85. The lowest BCUT2D eigenvalue weighted by atomic mass is 10.0. The number of nitrogens with zero attached hydrogens (tertiary/aromatic N) is 2. The first kappa shape index (κ1) is 18.7. The second kappa shape index (κ2) is 7.28. The van der Waals surface area contributed by atoms with E-state index >= 15 is 0 Å². The highest BCUT2D eigenvalue weighted by molar-refractivity contribution is 7.87. The van der Waals surface area contributed by atoms with Crippen LogP contribution in [0.3, 0.4) is 0 Å². The van der Waals surface area contributed by atoms with Gasteiger partial charge in [0.25, 0.3) is 10.2 Å². The van der Waals surface area contributed by atoms with E-state index in [2.05, 4.69) is 15.0 Å². The van der Waals surface area contributed by atoms with Gasteiger partial charge in [-0.05, 0) is 36.2 Å². The second-order valence-corrected chi connectivity index (χ2v) is 8.02. The molecule has 2 atom stereocenters. The minimum Gasteiger partial charge on any atom is -0.325 e. The molecule has 2 N–H and O–H groups in total. The molecule has 0 unspecified atom stereocenters. The Hall–Kier alpha value is -2.07. The van der Waals surface area contributed by atoms with Gasteiger partial charge in [0.15, 0.2) is 0 Å². The van der Waals surface area contributed by atoms with E-state index in [0.717, 1.165) is 10.4 Å². The maximum atomic E-state index is 13.2. The number of hydrogen-bond donors (Lipinski definition) is 2. The minimum absolute atomic E-state index is 0.137. The van der Waals surface area contributed by atoms with E-state index in [0.29, 0.717) is 5.56 Å². The van der Waals surface area contributed by atoms with E-state index in [1.807, 2.05) is 0 Å². The number of anilines is 1. The van der Waals surface area contributed by atoms with Crippen molar-refractivity contribution < 1.29 is 17.6 Å². The fourth-order valence-electron chi connectivity index (χ4n) is 2.71. The van der Waals surface area contributed by atoms with Crippen molar-refractivity contribution in [2.75, 3.05) is 12.4 Å². The number of halogens is 2. The summed E-state index contributed by atoms with van der Waals surface area (Å²) in [7, 11) is -2.53. The predicted molar refractivity (Wildman–Crippen MR) is 95.2 cm³/mol. The van der Waals surface area contributed by atoms with Crippen LogP contribution in [0.25, 0.3) is 0 Å². The summed E-state index contributed by atoms with van der Waals surface area (Å²) in [4.78, 5) is 16.6. The van der Waals surface area contributed by atoms with Crippen molar-refractivity contribution in [2.45, 2.75) is 18.5 Å². The summed E-state index contributed by atoms with van der Waals surface area (Å²) in [5, 5.41) is 2.44. The fraction of sp³-hybridized carbons (Fsp3) is 0.250. The molecule has 1 aromatic heterocycles. The standard InChI is InChI=1S/C16H16ClFN4O3S/c1-22-15(16(23)20-11-4-5-13(18)12(17)7-11)8-14(21-26(22,24)25)10-3-2-6-19-9-10/h2-7,9,14-15,21H,8H2,1H3,(H,20,23)/t14-,15+/m1/s1. The lowest BCUT2D eigenvalue weighted by Crippen LogP contribution is -2.55. The van der Waals surface area contributed by atoms with Gasteiger partial charge in [0.05, 0.1) is 11.1 Å². The smallest absolute Gasteiger partial charge is 0.280 e. The van der Waals surface area contributed by atoms with Crippen molar-refractivity contribution in [1.82, 2.24) is 14.0 Å². The summed E-state index contributed by atoms with van der Waals surface area (Å²) in [6, 6.07) is 5.64. The van der Waals surface area contributed by atoms with Crippen molar-refractivity contribution in [1.29, 1.82) is 0 Å². The van der Waals surface area contributed by atoms with E-state index in [-0.39, 0.29) is 17.1 Å². The van der Waals surface area contributed by atoms with Crippen LogP contribution in [0.1, 0.15) is 18.0 Å². The highest BCUT2D eigenvalue weighted by atomic mass is 35.5. The third kappa shape index (κ3) is 3.85. The quantitative estimate of drug-likeness (QED) is 0.828. The molecule has 0 spiro atoms. The maximum absolute atomic E-state index is 13.2. The largest absolute Gasteiger partial charge is 0.325 e.